The van der Waals surface area contributed by atoms with Crippen molar-refractivity contribution in [3.63, 3.8) is 0 Å². The molecule has 0 bridgehead atoms. The van der Waals surface area contributed by atoms with Gasteiger partial charge in [-0.05, 0) is 13.0 Å². The van der Waals surface area contributed by atoms with Crippen LogP contribution in [-0.2, 0) is 19.9 Å². The summed E-state index contributed by atoms with van der Waals surface area (Å²) in [4.78, 5) is 26.7. The lowest BCUT2D eigenvalue weighted by atomic mass is 9.76. The van der Waals surface area contributed by atoms with Crippen molar-refractivity contribution in [2.75, 3.05) is 25.7 Å². The lowest BCUT2D eigenvalue weighted by Crippen LogP contribution is -2.49. The third-order valence-electron chi connectivity index (χ3n) is 4.53. The second kappa shape index (κ2) is 6.05. The highest BCUT2D eigenvalue weighted by Crippen LogP contribution is 2.55. The minimum Gasteiger partial charge on any atom is -0.495 e. The smallest absolute Gasteiger partial charge is 0.314 e. The Morgan fingerprint density at radius 1 is 1.44 bits per heavy atom. The number of anilines is 1. The maximum atomic E-state index is 13.5. The number of azo groups is 1. The number of halogens is 2. The van der Waals surface area contributed by atoms with Crippen LogP contribution in [0, 0.1) is 5.92 Å². The van der Waals surface area contributed by atoms with E-state index >= 15 is 0 Å². The fourth-order valence-electron chi connectivity index (χ4n) is 3.48. The molecule has 0 radical (unpaired) electrons. The van der Waals surface area contributed by atoms with Crippen molar-refractivity contribution in [3.8, 4) is 5.75 Å². The Morgan fingerprint density at radius 2 is 2.16 bits per heavy atom. The number of esters is 1. The van der Waals surface area contributed by atoms with E-state index in [9.17, 15) is 18.4 Å². The monoisotopic (exact) mass is 353 g/mol. The zero-order valence-corrected chi connectivity index (χ0v) is 13.9. The number of alkyl halides is 2. The molecule has 0 fully saturated rings. The van der Waals surface area contributed by atoms with Crippen LogP contribution in [0.2, 0.25) is 0 Å². The highest BCUT2D eigenvalue weighted by molar-refractivity contribution is 6.11. The average Bonchev–Trinajstić information content (AvgIpc) is 3.09. The topological polar surface area (TPSA) is 80.6 Å². The van der Waals surface area contributed by atoms with Gasteiger partial charge < -0.3 is 14.4 Å². The number of carbonyl (C=O) groups is 2. The van der Waals surface area contributed by atoms with E-state index in [0.717, 1.165) is 0 Å². The quantitative estimate of drug-likeness (QED) is 0.777. The molecule has 2 aliphatic heterocycles. The molecule has 0 aromatic heterocycles. The van der Waals surface area contributed by atoms with Gasteiger partial charge in [-0.3, -0.25) is 9.59 Å². The normalized spacial score (nSPS) is 27.3. The zero-order chi connectivity index (χ0) is 18.4. The summed E-state index contributed by atoms with van der Waals surface area (Å²) < 4.78 is 37.1. The Morgan fingerprint density at radius 3 is 2.76 bits per heavy atom. The van der Waals surface area contributed by atoms with Crippen molar-refractivity contribution in [1.29, 1.82) is 0 Å². The molecule has 2 heterocycles. The summed E-state index contributed by atoms with van der Waals surface area (Å²) in [6, 6.07) is 3.07. The van der Waals surface area contributed by atoms with Crippen molar-refractivity contribution >= 4 is 17.6 Å². The first-order valence-corrected chi connectivity index (χ1v) is 7.72. The average molecular weight is 353 g/mol. The van der Waals surface area contributed by atoms with E-state index in [1.165, 1.54) is 19.1 Å². The third kappa shape index (κ3) is 2.21. The fourth-order valence-corrected chi connectivity index (χ4v) is 3.48. The molecular formula is C16H17F2N3O4. The van der Waals surface area contributed by atoms with Crippen LogP contribution in [0.25, 0.3) is 0 Å². The summed E-state index contributed by atoms with van der Waals surface area (Å²) in [5.74, 6) is -2.69. The molecule has 0 saturated heterocycles. The summed E-state index contributed by atoms with van der Waals surface area (Å²) >= 11 is 0. The first-order chi connectivity index (χ1) is 11.9. The molecule has 2 aliphatic rings. The molecule has 7 nitrogen and oxygen atoms in total. The molecule has 1 amide bonds. The van der Waals surface area contributed by atoms with Crippen molar-refractivity contribution in [2.24, 2.45) is 16.1 Å². The van der Waals surface area contributed by atoms with Gasteiger partial charge in [-0.15, -0.1) is 0 Å². The third-order valence-corrected chi connectivity index (χ3v) is 4.53. The first-order valence-electron chi connectivity index (χ1n) is 7.72. The zero-order valence-electron chi connectivity index (χ0n) is 13.9. The van der Waals surface area contributed by atoms with Crippen molar-refractivity contribution in [1.82, 2.24) is 0 Å². The Bertz CT molecular complexity index is 755. The molecule has 0 N–H and O–H groups in total. The number of rotatable bonds is 4. The van der Waals surface area contributed by atoms with Crippen LogP contribution < -0.4 is 9.64 Å². The predicted molar refractivity (Wildman–Crippen MR) is 82.9 cm³/mol. The predicted octanol–water partition coefficient (Wildman–Crippen LogP) is 2.15. The van der Waals surface area contributed by atoms with Crippen molar-refractivity contribution in [2.45, 2.75) is 24.9 Å². The van der Waals surface area contributed by atoms with E-state index < -0.39 is 35.8 Å². The van der Waals surface area contributed by atoms with Crippen LogP contribution >= 0.6 is 0 Å². The molecule has 0 aliphatic carbocycles. The molecule has 3 atom stereocenters. The Labute approximate surface area is 142 Å². The van der Waals surface area contributed by atoms with Crippen molar-refractivity contribution < 1.29 is 27.8 Å². The first kappa shape index (κ1) is 17.2. The highest BCUT2D eigenvalue weighted by atomic mass is 19.3. The molecule has 1 aromatic rings. The van der Waals surface area contributed by atoms with Gasteiger partial charge in [0.05, 0.1) is 19.4 Å². The number of nitrogens with zero attached hydrogens (tertiary/aromatic N) is 3. The van der Waals surface area contributed by atoms with E-state index in [-0.39, 0.29) is 6.61 Å². The van der Waals surface area contributed by atoms with Crippen LogP contribution in [-0.4, -0.2) is 45.1 Å². The maximum Gasteiger partial charge on any atom is 0.314 e. The number of hydrogen-bond acceptors (Lipinski definition) is 6. The number of likely N-dealkylation sites (N-methyl/N-ethyl adjacent to an activating group) is 1. The summed E-state index contributed by atoms with van der Waals surface area (Å²) in [5.41, 5.74) is -1.16. The van der Waals surface area contributed by atoms with Crippen LogP contribution in [0.4, 0.5) is 14.5 Å². The number of ether oxygens (including phenoxy) is 2. The summed E-state index contributed by atoms with van der Waals surface area (Å²) in [5, 5.41) is 7.48. The molecule has 1 spiro atoms. The number of hydrogen-bond donors (Lipinski definition) is 0. The molecule has 9 heteroatoms. The molecule has 3 rings (SSSR count). The van der Waals surface area contributed by atoms with Gasteiger partial charge in [0.15, 0.2) is 0 Å². The Kier molecular flexibility index (Phi) is 4.18. The largest absolute Gasteiger partial charge is 0.495 e. The second-order valence-electron chi connectivity index (χ2n) is 5.76. The van der Waals surface area contributed by atoms with E-state index in [1.54, 1.807) is 25.1 Å². The number of para-hydroxylation sites is 1. The second-order valence-corrected chi connectivity index (χ2v) is 5.76. The molecule has 3 unspecified atom stereocenters. The number of amides is 1. The van der Waals surface area contributed by atoms with E-state index in [1.807, 2.05) is 0 Å². The number of methoxy groups -OCH3 is 1. The SMILES string of the molecule is CCOC(=O)C1C(C(F)F)N=NC12C(=O)N(C)c1c(OC)cccc12. The number of fused-ring (bicyclic) bond motifs is 2. The van der Waals surface area contributed by atoms with Crippen LogP contribution in [0.1, 0.15) is 12.5 Å². The van der Waals surface area contributed by atoms with Crippen LogP contribution in [0.5, 0.6) is 5.75 Å². The van der Waals surface area contributed by atoms with Crippen LogP contribution in [0.15, 0.2) is 28.4 Å². The standard InChI is InChI=1S/C16H17F2N3O4/c1-4-25-14(22)10-11(13(17)18)19-20-16(10)8-6-5-7-9(24-3)12(8)21(2)15(16)23/h5-7,10-11,13H,4H2,1-3H3. The molecule has 134 valence electrons. The van der Waals surface area contributed by atoms with Gasteiger partial charge in [-0.2, -0.15) is 10.2 Å². The van der Waals surface area contributed by atoms with E-state index in [2.05, 4.69) is 10.2 Å². The summed E-state index contributed by atoms with van der Waals surface area (Å²) in [6.45, 7) is 1.56. The number of benzene rings is 1. The van der Waals surface area contributed by atoms with Gasteiger partial charge in [0, 0.05) is 12.6 Å². The van der Waals surface area contributed by atoms with E-state index in [4.69, 9.17) is 9.47 Å². The summed E-state index contributed by atoms with van der Waals surface area (Å²) in [7, 11) is 2.91. The Balaban J connectivity index is 2.22. The molecule has 0 saturated carbocycles. The highest BCUT2D eigenvalue weighted by Gasteiger charge is 2.66. The maximum absolute atomic E-state index is 13.5. The van der Waals surface area contributed by atoms with Gasteiger partial charge >= 0.3 is 5.97 Å². The van der Waals surface area contributed by atoms with Gasteiger partial charge in [-0.1, -0.05) is 12.1 Å². The van der Waals surface area contributed by atoms with Gasteiger partial charge in [-0.25, -0.2) is 8.78 Å². The van der Waals surface area contributed by atoms with Crippen molar-refractivity contribution in [3.05, 3.63) is 23.8 Å². The fraction of sp³-hybridized carbons (Fsp3) is 0.500. The minimum atomic E-state index is -2.95. The molecular weight excluding hydrogens is 336 g/mol. The minimum absolute atomic E-state index is 0.00360. The number of carbonyl (C=O) groups excluding carboxylic acids is 2. The van der Waals surface area contributed by atoms with E-state index in [0.29, 0.717) is 17.0 Å². The molecule has 25 heavy (non-hydrogen) atoms. The molecule has 1 aromatic carbocycles. The van der Waals surface area contributed by atoms with Gasteiger partial charge in [0.2, 0.25) is 5.54 Å². The van der Waals surface area contributed by atoms with Crippen LogP contribution in [0.3, 0.4) is 0 Å². The lowest BCUT2D eigenvalue weighted by Gasteiger charge is -2.27. The Hall–Kier alpha value is -2.58. The van der Waals surface area contributed by atoms with Gasteiger partial charge in [0.25, 0.3) is 12.3 Å². The van der Waals surface area contributed by atoms with Gasteiger partial charge in [0.1, 0.15) is 17.7 Å². The summed E-state index contributed by atoms with van der Waals surface area (Å²) in [6.07, 6.45) is -2.95. The lowest BCUT2D eigenvalue weighted by molar-refractivity contribution is -0.154.